The first-order valence-corrected chi connectivity index (χ1v) is 12.2. The Labute approximate surface area is 217 Å². The van der Waals surface area contributed by atoms with Crippen LogP contribution in [0, 0.1) is 0 Å². The number of nitrogens with one attached hydrogen (secondary N) is 2. The van der Waals surface area contributed by atoms with Crippen molar-refractivity contribution in [1.29, 1.82) is 0 Å². The number of carbonyl (C=O) groups excluding carboxylic acids is 1. The Bertz CT molecular complexity index is 840. The van der Waals surface area contributed by atoms with Crippen LogP contribution in [0.25, 0.3) is 0 Å². The van der Waals surface area contributed by atoms with E-state index in [0.717, 1.165) is 70.3 Å². The summed E-state index contributed by atoms with van der Waals surface area (Å²) in [5.41, 5.74) is 5.94. The van der Waals surface area contributed by atoms with Gasteiger partial charge in [0.05, 0.1) is 5.25 Å². The number of rotatable bonds is 4. The summed E-state index contributed by atoms with van der Waals surface area (Å²) in [6, 6.07) is 1.70. The monoisotopic (exact) mass is 444 g/mol. The number of benzene rings is 1. The molecule has 1 unspecified atom stereocenters. The van der Waals surface area contributed by atoms with Crippen molar-refractivity contribution < 1.29 is 13.2 Å². The van der Waals surface area contributed by atoms with Gasteiger partial charge in [0, 0.05) is 57.1 Å². The van der Waals surface area contributed by atoms with Crippen LogP contribution in [-0.2, 0) is 35.7 Å². The van der Waals surface area contributed by atoms with Gasteiger partial charge in [0.25, 0.3) is 0 Å². The summed E-state index contributed by atoms with van der Waals surface area (Å²) in [7, 11) is -3.67. The van der Waals surface area contributed by atoms with Crippen LogP contribution < -0.4 is 10.0 Å². The normalized spacial score (nSPS) is 21.6. The van der Waals surface area contributed by atoms with E-state index >= 15 is 0 Å². The Morgan fingerprint density at radius 3 is 2.31 bits per heavy atom. The zero-order chi connectivity index (χ0) is 19.7. The van der Waals surface area contributed by atoms with Crippen molar-refractivity contribution in [3.8, 4) is 0 Å². The number of fused-ring (bicyclic) bond motifs is 2. The van der Waals surface area contributed by atoms with Gasteiger partial charge in [-0.05, 0) is 99.7 Å². The van der Waals surface area contributed by atoms with Crippen molar-refractivity contribution in [2.45, 2.75) is 70.0 Å². The summed E-state index contributed by atoms with van der Waals surface area (Å²) in [4.78, 5) is 14.9. The Hall–Kier alpha value is 0.0364. The van der Waals surface area contributed by atoms with Gasteiger partial charge in [-0.2, -0.15) is 0 Å². The minimum atomic E-state index is -3.67. The fraction of sp³-hybridized carbons (Fsp3) is 0.667. The predicted molar refractivity (Wildman–Crippen MR) is 117 cm³/mol. The summed E-state index contributed by atoms with van der Waals surface area (Å²) >= 11 is 0. The number of sulfonamides is 1. The van der Waals surface area contributed by atoms with Crippen molar-refractivity contribution in [2.24, 2.45) is 0 Å². The fourth-order valence-corrected chi connectivity index (χ4v) is 6.44. The Balaban J connectivity index is 0.00000240. The van der Waals surface area contributed by atoms with E-state index in [1.165, 1.54) is 22.3 Å². The predicted octanol–water partition coefficient (Wildman–Crippen LogP) is 2.61. The molecule has 6 nitrogen and oxygen atoms in total. The molecule has 1 aromatic rings. The summed E-state index contributed by atoms with van der Waals surface area (Å²) in [5.74, 6) is 0. The number of amides is 2. The van der Waals surface area contributed by atoms with Crippen LogP contribution in [0.15, 0.2) is 6.07 Å². The maximum atomic E-state index is 12.8. The van der Waals surface area contributed by atoms with Gasteiger partial charge in [0.15, 0.2) is 0 Å². The molecule has 1 saturated heterocycles. The van der Waals surface area contributed by atoms with Crippen molar-refractivity contribution in [3.05, 3.63) is 28.3 Å². The topological polar surface area (TPSA) is 78.5 Å². The number of carbonyl (C=O) groups is 1. The molecule has 4 rings (SSSR count). The van der Waals surface area contributed by atoms with Gasteiger partial charge in [-0.25, -0.2) is 17.9 Å². The number of hydrogen-bond donors (Lipinski definition) is 2. The molecule has 1 heterocycles. The Kier molecular flexibility index (Phi) is 8.26. The van der Waals surface area contributed by atoms with E-state index in [4.69, 9.17) is 0 Å². The molecule has 2 aliphatic carbocycles. The zero-order valence-corrected chi connectivity index (χ0v) is 21.7. The molecule has 1 radical (unpaired) electrons. The molecule has 155 valence electrons. The third-order valence-electron chi connectivity index (χ3n) is 6.60. The number of aryl methyl sites for hydroxylation is 2. The van der Waals surface area contributed by atoms with E-state index in [9.17, 15) is 13.2 Å². The minimum Gasteiger partial charge on any atom is -0.307 e. The molecular weight excluding hydrogens is 413 g/mol. The van der Waals surface area contributed by atoms with Crippen LogP contribution in [0.2, 0.25) is 0 Å². The van der Waals surface area contributed by atoms with Gasteiger partial charge in [-0.3, -0.25) is 0 Å². The average Bonchev–Trinajstić information content (AvgIpc) is 3.24. The van der Waals surface area contributed by atoms with E-state index in [1.807, 2.05) is 0 Å². The molecule has 1 aliphatic heterocycles. The molecule has 3 aliphatic rings. The fourth-order valence-electron chi connectivity index (χ4n) is 5.07. The van der Waals surface area contributed by atoms with Gasteiger partial charge in [-0.1, -0.05) is 13.0 Å². The molecule has 0 spiro atoms. The molecule has 0 bridgehead atoms. The number of nitrogens with zero attached hydrogens (tertiary/aromatic N) is 1. The Morgan fingerprint density at radius 1 is 1.03 bits per heavy atom. The first-order chi connectivity index (χ1) is 13.5. The number of urea groups is 1. The van der Waals surface area contributed by atoms with Crippen LogP contribution in [0.5, 0.6) is 0 Å². The molecule has 8 heteroatoms. The Morgan fingerprint density at radius 2 is 1.69 bits per heavy atom. The van der Waals surface area contributed by atoms with E-state index in [0.29, 0.717) is 12.8 Å². The molecule has 1 fully saturated rings. The van der Waals surface area contributed by atoms with E-state index in [1.54, 1.807) is 0 Å². The number of likely N-dealkylation sites (tertiary alicyclic amines) is 1. The minimum absolute atomic E-state index is 0. The molecule has 2 amide bonds. The molecule has 2 N–H and O–H groups in total. The maximum absolute atomic E-state index is 12.8. The summed E-state index contributed by atoms with van der Waals surface area (Å²) in [5, 5.41) is 2.44. The maximum Gasteiger partial charge on any atom is 0.332 e. The summed E-state index contributed by atoms with van der Waals surface area (Å²) in [6.45, 7) is 4.72. The van der Waals surface area contributed by atoms with Crippen LogP contribution in [0.3, 0.4) is 0 Å². The van der Waals surface area contributed by atoms with Crippen molar-refractivity contribution >= 4 is 73.1 Å². The second-order valence-electron chi connectivity index (χ2n) is 8.32. The van der Waals surface area contributed by atoms with Crippen LogP contribution in [-0.4, -0.2) is 95.6 Å². The second kappa shape index (κ2) is 10.1. The van der Waals surface area contributed by atoms with Gasteiger partial charge >= 0.3 is 6.03 Å². The van der Waals surface area contributed by atoms with Crippen LogP contribution in [0.1, 0.15) is 61.3 Å². The van der Waals surface area contributed by atoms with Crippen molar-refractivity contribution in [1.82, 2.24) is 9.62 Å². The van der Waals surface area contributed by atoms with Crippen molar-refractivity contribution in [3.63, 3.8) is 0 Å². The molecule has 1 atom stereocenters. The first-order valence-electron chi connectivity index (χ1n) is 10.7. The van der Waals surface area contributed by atoms with E-state index < -0.39 is 21.3 Å². The molecule has 1 aromatic carbocycles. The smallest absolute Gasteiger partial charge is 0.307 e. The molecular formula is C21H31KN3O3S. The van der Waals surface area contributed by atoms with Crippen molar-refractivity contribution in [2.75, 3.05) is 25.0 Å². The first kappa shape index (κ1) is 23.7. The number of hydrogen-bond acceptors (Lipinski definition) is 4. The average molecular weight is 445 g/mol. The van der Waals surface area contributed by atoms with Crippen LogP contribution >= 0.6 is 0 Å². The largest absolute Gasteiger partial charge is 0.332 e. The molecule has 0 saturated carbocycles. The molecule has 0 aromatic heterocycles. The van der Waals surface area contributed by atoms with E-state index in [-0.39, 0.29) is 51.4 Å². The van der Waals surface area contributed by atoms with Gasteiger partial charge in [-0.15, -0.1) is 0 Å². The third kappa shape index (κ3) is 5.27. The van der Waals surface area contributed by atoms with Gasteiger partial charge in [0.1, 0.15) is 0 Å². The SMILES string of the molecule is CCN1CCCC(S(=O)(=O)NC(=O)Nc2c3c(cc4c2CCC4)CCC3)CC1.[K]. The van der Waals surface area contributed by atoms with Crippen LogP contribution in [0.4, 0.5) is 10.5 Å². The van der Waals surface area contributed by atoms with E-state index in [2.05, 4.69) is 27.9 Å². The molecule has 29 heavy (non-hydrogen) atoms. The van der Waals surface area contributed by atoms with Gasteiger partial charge < -0.3 is 10.2 Å². The number of anilines is 1. The third-order valence-corrected chi connectivity index (χ3v) is 8.42. The zero-order valence-electron chi connectivity index (χ0n) is 17.7. The quantitative estimate of drug-likeness (QED) is 0.700. The van der Waals surface area contributed by atoms with Gasteiger partial charge in [0.2, 0.25) is 10.0 Å². The second-order valence-corrected chi connectivity index (χ2v) is 10.3. The standard InChI is InChI=1S/C21H31N3O3S.K/c1-2-24-12-5-8-17(11-13-24)28(26,27)23-21(25)22-20-18-9-3-6-15(18)14-16-7-4-10-19(16)20;/h14,17H,2-13H2,1H3,(H2,22,23,25);. The summed E-state index contributed by atoms with van der Waals surface area (Å²) in [6.07, 6.45) is 8.25. The summed E-state index contributed by atoms with van der Waals surface area (Å²) < 4.78 is 27.9.